The molecule has 1 aliphatic rings. The molecule has 2 aromatic carbocycles. The fraction of sp³-hybridized carbons (Fsp3) is 0.286. The molecule has 0 aliphatic carbocycles. The maximum atomic E-state index is 12.4. The highest BCUT2D eigenvalue weighted by Crippen LogP contribution is 2.15. The molecule has 1 heterocycles. The molecule has 0 saturated carbocycles. The number of ether oxygens (including phenoxy) is 1. The molecule has 0 aromatic heterocycles. The smallest absolute Gasteiger partial charge is 0.326 e. The molecular weight excluding hydrogens is 346 g/mol. The first-order valence-corrected chi connectivity index (χ1v) is 8.84. The molecule has 1 saturated heterocycles. The van der Waals surface area contributed by atoms with E-state index in [-0.39, 0.29) is 24.0 Å². The molecule has 0 spiro atoms. The van der Waals surface area contributed by atoms with E-state index in [1.807, 2.05) is 6.07 Å². The minimum atomic E-state index is -1.09. The van der Waals surface area contributed by atoms with Crippen LogP contribution in [0.2, 0.25) is 0 Å². The van der Waals surface area contributed by atoms with Crippen LogP contribution in [0.15, 0.2) is 54.6 Å². The number of carboxylic acids is 1. The molecule has 140 valence electrons. The average Bonchev–Trinajstić information content (AvgIpc) is 3.23. The summed E-state index contributed by atoms with van der Waals surface area (Å²) in [5, 5.41) is 12.0. The zero-order chi connectivity index (χ0) is 19.2. The Morgan fingerprint density at radius 3 is 2.30 bits per heavy atom. The highest BCUT2D eigenvalue weighted by molar-refractivity contribution is 6.08. The van der Waals surface area contributed by atoms with Crippen LogP contribution in [0, 0.1) is 5.92 Å². The van der Waals surface area contributed by atoms with Gasteiger partial charge in [-0.2, -0.15) is 0 Å². The molecule has 0 unspecified atom stereocenters. The van der Waals surface area contributed by atoms with Crippen LogP contribution in [0.5, 0.6) is 0 Å². The van der Waals surface area contributed by atoms with Gasteiger partial charge in [-0.05, 0) is 12.0 Å². The summed E-state index contributed by atoms with van der Waals surface area (Å²) in [6, 6.07) is 14.7. The lowest BCUT2D eigenvalue weighted by Gasteiger charge is -2.17. The summed E-state index contributed by atoms with van der Waals surface area (Å²) in [6.45, 7) is 0.848. The Morgan fingerprint density at radius 2 is 1.70 bits per heavy atom. The van der Waals surface area contributed by atoms with Crippen LogP contribution >= 0.6 is 0 Å². The van der Waals surface area contributed by atoms with Crippen molar-refractivity contribution < 1.29 is 24.2 Å². The van der Waals surface area contributed by atoms with E-state index >= 15 is 0 Å². The quantitative estimate of drug-likeness (QED) is 0.731. The lowest BCUT2D eigenvalue weighted by Crippen LogP contribution is -2.45. The summed E-state index contributed by atoms with van der Waals surface area (Å²) < 4.78 is 5.17. The number of ketones is 1. The fourth-order valence-corrected chi connectivity index (χ4v) is 3.02. The van der Waals surface area contributed by atoms with Gasteiger partial charge < -0.3 is 15.2 Å². The van der Waals surface area contributed by atoms with Crippen LogP contribution in [0.4, 0.5) is 0 Å². The summed E-state index contributed by atoms with van der Waals surface area (Å²) in [5.41, 5.74) is 1.86. The minimum Gasteiger partial charge on any atom is -0.480 e. The summed E-state index contributed by atoms with van der Waals surface area (Å²) in [5.74, 6) is -1.77. The van der Waals surface area contributed by atoms with Crippen LogP contribution < -0.4 is 5.32 Å². The van der Waals surface area contributed by atoms with Gasteiger partial charge in [0.2, 0.25) is 5.91 Å². The number of rotatable bonds is 7. The van der Waals surface area contributed by atoms with Gasteiger partial charge in [0.25, 0.3) is 0 Å². The highest BCUT2D eigenvalue weighted by Gasteiger charge is 2.28. The predicted octanol–water partition coefficient (Wildman–Crippen LogP) is 2.07. The number of aliphatic carboxylic acids is 1. The van der Waals surface area contributed by atoms with Crippen molar-refractivity contribution in [1.29, 1.82) is 0 Å². The summed E-state index contributed by atoms with van der Waals surface area (Å²) >= 11 is 0. The Morgan fingerprint density at radius 1 is 1.04 bits per heavy atom. The first-order chi connectivity index (χ1) is 13.0. The second kappa shape index (κ2) is 8.60. The van der Waals surface area contributed by atoms with Gasteiger partial charge in [0.1, 0.15) is 6.04 Å². The van der Waals surface area contributed by atoms with Crippen LogP contribution in [0.1, 0.15) is 27.9 Å². The van der Waals surface area contributed by atoms with E-state index in [9.17, 15) is 19.5 Å². The van der Waals surface area contributed by atoms with Crippen LogP contribution in [-0.2, 0) is 20.7 Å². The van der Waals surface area contributed by atoms with Crippen molar-refractivity contribution in [3.05, 3.63) is 71.3 Å². The van der Waals surface area contributed by atoms with E-state index in [2.05, 4.69) is 5.32 Å². The Kier molecular flexibility index (Phi) is 5.98. The molecule has 2 atom stereocenters. The minimum absolute atomic E-state index is 0.0912. The van der Waals surface area contributed by atoms with Gasteiger partial charge in [0, 0.05) is 24.2 Å². The van der Waals surface area contributed by atoms with Gasteiger partial charge in [-0.15, -0.1) is 0 Å². The first-order valence-electron chi connectivity index (χ1n) is 8.84. The first kappa shape index (κ1) is 18.8. The standard InChI is InChI=1S/C21H21NO5/c23-19(15-4-2-1-3-5-15)16-8-6-14(7-9-16)12-18(21(25)26)22-20(24)17-10-11-27-13-17/h1-9,17-18H,10-13H2,(H,22,24)(H,25,26)/t17-,18+/m1/s1. The normalized spacial score (nSPS) is 17.3. The number of benzene rings is 2. The van der Waals surface area contributed by atoms with E-state index in [0.717, 1.165) is 5.56 Å². The van der Waals surface area contributed by atoms with Crippen molar-refractivity contribution in [1.82, 2.24) is 5.32 Å². The molecular formula is C21H21NO5. The van der Waals surface area contributed by atoms with E-state index in [1.165, 1.54) is 0 Å². The van der Waals surface area contributed by atoms with Gasteiger partial charge in [-0.3, -0.25) is 9.59 Å². The molecule has 0 bridgehead atoms. The third-order valence-electron chi connectivity index (χ3n) is 4.61. The number of amides is 1. The monoisotopic (exact) mass is 367 g/mol. The molecule has 1 fully saturated rings. The van der Waals surface area contributed by atoms with E-state index < -0.39 is 12.0 Å². The Hall–Kier alpha value is -2.99. The predicted molar refractivity (Wildman–Crippen MR) is 98.5 cm³/mol. The maximum absolute atomic E-state index is 12.4. The molecule has 1 amide bonds. The summed E-state index contributed by atoms with van der Waals surface area (Å²) in [7, 11) is 0. The van der Waals surface area contributed by atoms with Gasteiger partial charge in [-0.25, -0.2) is 4.79 Å². The molecule has 6 nitrogen and oxygen atoms in total. The number of hydrogen-bond donors (Lipinski definition) is 2. The van der Waals surface area contributed by atoms with Crippen LogP contribution in [0.3, 0.4) is 0 Å². The Balaban J connectivity index is 1.65. The van der Waals surface area contributed by atoms with Crippen LogP contribution in [0.25, 0.3) is 0 Å². The molecule has 27 heavy (non-hydrogen) atoms. The van der Waals surface area contributed by atoms with E-state index in [0.29, 0.717) is 30.8 Å². The Labute approximate surface area is 157 Å². The fourth-order valence-electron chi connectivity index (χ4n) is 3.02. The van der Waals surface area contributed by atoms with Crippen molar-refractivity contribution >= 4 is 17.7 Å². The number of nitrogens with one attached hydrogen (secondary N) is 1. The molecule has 2 N–H and O–H groups in total. The number of carbonyl (C=O) groups excluding carboxylic acids is 2. The summed E-state index contributed by atoms with van der Waals surface area (Å²) in [4.78, 5) is 36.1. The number of hydrogen-bond acceptors (Lipinski definition) is 4. The van der Waals surface area contributed by atoms with Gasteiger partial charge in [0.05, 0.1) is 12.5 Å². The van der Waals surface area contributed by atoms with Gasteiger partial charge in [-0.1, -0.05) is 54.6 Å². The van der Waals surface area contributed by atoms with Gasteiger partial charge in [0.15, 0.2) is 5.78 Å². The average molecular weight is 367 g/mol. The lowest BCUT2D eigenvalue weighted by molar-refractivity contribution is -0.142. The van der Waals surface area contributed by atoms with Crippen LogP contribution in [-0.4, -0.2) is 42.0 Å². The third-order valence-corrected chi connectivity index (χ3v) is 4.61. The topological polar surface area (TPSA) is 92.7 Å². The van der Waals surface area contributed by atoms with Crippen molar-refractivity contribution in [3.63, 3.8) is 0 Å². The van der Waals surface area contributed by atoms with Crippen molar-refractivity contribution in [2.75, 3.05) is 13.2 Å². The number of carbonyl (C=O) groups is 3. The zero-order valence-electron chi connectivity index (χ0n) is 14.8. The lowest BCUT2D eigenvalue weighted by atomic mass is 9.99. The Bertz CT molecular complexity index is 810. The second-order valence-corrected chi connectivity index (χ2v) is 6.56. The molecule has 2 aromatic rings. The third kappa shape index (κ3) is 4.80. The second-order valence-electron chi connectivity index (χ2n) is 6.56. The van der Waals surface area contributed by atoms with Crippen molar-refractivity contribution in [2.45, 2.75) is 18.9 Å². The van der Waals surface area contributed by atoms with Crippen molar-refractivity contribution in [3.8, 4) is 0 Å². The van der Waals surface area contributed by atoms with E-state index in [1.54, 1.807) is 48.5 Å². The molecule has 0 radical (unpaired) electrons. The largest absolute Gasteiger partial charge is 0.480 e. The SMILES string of the molecule is O=C(c1ccccc1)c1ccc(C[C@H](NC(=O)[C@@H]2CCOC2)C(=O)O)cc1. The summed E-state index contributed by atoms with van der Waals surface area (Å²) in [6.07, 6.45) is 0.753. The zero-order valence-corrected chi connectivity index (χ0v) is 14.8. The van der Waals surface area contributed by atoms with Crippen molar-refractivity contribution in [2.24, 2.45) is 5.92 Å². The number of carboxylic acid groups (broad SMARTS) is 1. The van der Waals surface area contributed by atoms with E-state index in [4.69, 9.17) is 4.74 Å². The highest BCUT2D eigenvalue weighted by atomic mass is 16.5. The molecule has 3 rings (SSSR count). The molecule has 6 heteroatoms. The maximum Gasteiger partial charge on any atom is 0.326 e. The van der Waals surface area contributed by atoms with Gasteiger partial charge >= 0.3 is 5.97 Å². The molecule has 1 aliphatic heterocycles.